The van der Waals surface area contributed by atoms with Gasteiger partial charge in [0.15, 0.2) is 0 Å². The standard InChI is InChI=1S/C19H14Cl2F3NO2/c1-25-17(11(7-8-26)10-5-6-14(20)15(21)9-10)12-3-2-4-13(19(22,23)24)16(12)18(25)27/h2-6,8-9,11,17H,7H2,1H3. The molecule has 0 bridgehead atoms. The molecule has 0 saturated carbocycles. The molecule has 1 heterocycles. The molecule has 142 valence electrons. The minimum atomic E-state index is -4.65. The lowest BCUT2D eigenvalue weighted by Crippen LogP contribution is -2.28. The van der Waals surface area contributed by atoms with Gasteiger partial charge in [-0.25, -0.2) is 0 Å². The number of aldehydes is 1. The molecule has 3 nitrogen and oxygen atoms in total. The Morgan fingerprint density at radius 1 is 1.19 bits per heavy atom. The molecule has 2 aromatic carbocycles. The highest BCUT2D eigenvalue weighted by molar-refractivity contribution is 6.42. The summed E-state index contributed by atoms with van der Waals surface area (Å²) in [6.45, 7) is 0. The number of fused-ring (bicyclic) bond motifs is 1. The summed E-state index contributed by atoms with van der Waals surface area (Å²) in [7, 11) is 1.43. The van der Waals surface area contributed by atoms with Crippen molar-refractivity contribution in [3.8, 4) is 0 Å². The van der Waals surface area contributed by atoms with E-state index in [0.717, 1.165) is 6.07 Å². The molecular weight excluding hydrogens is 402 g/mol. The summed E-state index contributed by atoms with van der Waals surface area (Å²) in [6, 6.07) is 7.72. The van der Waals surface area contributed by atoms with E-state index in [1.807, 2.05) is 0 Å². The van der Waals surface area contributed by atoms with Gasteiger partial charge >= 0.3 is 6.18 Å². The number of carbonyl (C=O) groups is 2. The second-order valence-electron chi connectivity index (χ2n) is 6.31. The molecular formula is C19H14Cl2F3NO2. The zero-order chi connectivity index (χ0) is 19.9. The van der Waals surface area contributed by atoms with Crippen LogP contribution < -0.4 is 0 Å². The number of rotatable bonds is 4. The third-order valence-corrected chi connectivity index (χ3v) is 5.51. The Hall–Kier alpha value is -2.05. The van der Waals surface area contributed by atoms with Gasteiger partial charge in [0, 0.05) is 19.4 Å². The van der Waals surface area contributed by atoms with Crippen LogP contribution in [-0.4, -0.2) is 24.1 Å². The number of hydrogen-bond acceptors (Lipinski definition) is 2. The van der Waals surface area contributed by atoms with E-state index in [1.54, 1.807) is 18.2 Å². The van der Waals surface area contributed by atoms with Crippen LogP contribution in [0.5, 0.6) is 0 Å². The van der Waals surface area contributed by atoms with E-state index in [4.69, 9.17) is 23.2 Å². The van der Waals surface area contributed by atoms with Crippen LogP contribution >= 0.6 is 23.2 Å². The summed E-state index contributed by atoms with van der Waals surface area (Å²) >= 11 is 12.0. The van der Waals surface area contributed by atoms with Gasteiger partial charge in [-0.05, 0) is 29.3 Å². The van der Waals surface area contributed by atoms with Crippen molar-refractivity contribution >= 4 is 35.4 Å². The first-order chi connectivity index (χ1) is 12.7. The quantitative estimate of drug-likeness (QED) is 0.617. The predicted molar refractivity (Wildman–Crippen MR) is 96.2 cm³/mol. The topological polar surface area (TPSA) is 37.4 Å². The van der Waals surface area contributed by atoms with Gasteiger partial charge in [-0.1, -0.05) is 41.4 Å². The molecule has 0 fully saturated rings. The summed E-state index contributed by atoms with van der Waals surface area (Å²) in [4.78, 5) is 25.2. The molecule has 1 amide bonds. The molecule has 0 aliphatic carbocycles. The number of alkyl halides is 3. The third kappa shape index (κ3) is 3.44. The number of hydrogen-bond donors (Lipinski definition) is 0. The van der Waals surface area contributed by atoms with Gasteiger partial charge in [-0.2, -0.15) is 13.2 Å². The summed E-state index contributed by atoms with van der Waals surface area (Å²) < 4.78 is 40.1. The number of likely N-dealkylation sites (N-methyl/N-ethyl adjacent to an activating group) is 1. The van der Waals surface area contributed by atoms with Gasteiger partial charge in [0.05, 0.1) is 27.2 Å². The van der Waals surface area contributed by atoms with E-state index >= 15 is 0 Å². The first-order valence-electron chi connectivity index (χ1n) is 8.02. The molecule has 3 rings (SSSR count). The van der Waals surface area contributed by atoms with E-state index in [9.17, 15) is 22.8 Å². The van der Waals surface area contributed by atoms with Crippen molar-refractivity contribution in [1.82, 2.24) is 4.90 Å². The van der Waals surface area contributed by atoms with E-state index in [-0.39, 0.29) is 22.6 Å². The first-order valence-corrected chi connectivity index (χ1v) is 8.78. The van der Waals surface area contributed by atoms with Gasteiger partial charge in [0.25, 0.3) is 5.91 Å². The number of halogens is 5. The van der Waals surface area contributed by atoms with Crippen molar-refractivity contribution in [3.05, 3.63) is 68.7 Å². The molecule has 0 spiro atoms. The molecule has 0 saturated heterocycles. The van der Waals surface area contributed by atoms with E-state index in [0.29, 0.717) is 16.9 Å². The Morgan fingerprint density at radius 3 is 2.48 bits per heavy atom. The molecule has 2 atom stereocenters. The average Bonchev–Trinajstić information content (AvgIpc) is 2.86. The fourth-order valence-electron chi connectivity index (χ4n) is 3.58. The Balaban J connectivity index is 2.17. The Kier molecular flexibility index (Phi) is 5.23. The Labute approximate surface area is 163 Å². The molecule has 0 N–H and O–H groups in total. The van der Waals surface area contributed by atoms with E-state index < -0.39 is 29.6 Å². The zero-order valence-corrected chi connectivity index (χ0v) is 15.6. The number of carbonyl (C=O) groups excluding carboxylic acids is 2. The van der Waals surface area contributed by atoms with Crippen LogP contribution in [0.25, 0.3) is 0 Å². The van der Waals surface area contributed by atoms with Crippen molar-refractivity contribution in [2.45, 2.75) is 24.6 Å². The highest BCUT2D eigenvalue weighted by Gasteiger charge is 2.45. The second-order valence-corrected chi connectivity index (χ2v) is 7.13. The van der Waals surface area contributed by atoms with E-state index in [1.165, 1.54) is 24.1 Å². The zero-order valence-electron chi connectivity index (χ0n) is 14.1. The van der Waals surface area contributed by atoms with Crippen molar-refractivity contribution in [2.75, 3.05) is 7.05 Å². The first kappa shape index (κ1) is 19.7. The lowest BCUT2D eigenvalue weighted by atomic mass is 9.84. The molecule has 1 aliphatic rings. The van der Waals surface area contributed by atoms with E-state index in [2.05, 4.69) is 0 Å². The van der Waals surface area contributed by atoms with Crippen LogP contribution in [0, 0.1) is 0 Å². The molecule has 2 unspecified atom stereocenters. The summed E-state index contributed by atoms with van der Waals surface area (Å²) in [5.74, 6) is -1.28. The van der Waals surface area contributed by atoms with Crippen molar-refractivity contribution in [3.63, 3.8) is 0 Å². The van der Waals surface area contributed by atoms with Crippen molar-refractivity contribution in [2.24, 2.45) is 0 Å². The smallest absolute Gasteiger partial charge is 0.334 e. The molecule has 0 aromatic heterocycles. The Bertz CT molecular complexity index is 914. The fraction of sp³-hybridized carbons (Fsp3) is 0.263. The summed E-state index contributed by atoms with van der Waals surface area (Å²) in [6.07, 6.45) is -3.96. The van der Waals surface area contributed by atoms with Gasteiger partial charge in [-0.15, -0.1) is 0 Å². The molecule has 0 radical (unpaired) electrons. The van der Waals surface area contributed by atoms with Crippen LogP contribution in [0.15, 0.2) is 36.4 Å². The average molecular weight is 416 g/mol. The van der Waals surface area contributed by atoms with Crippen molar-refractivity contribution in [1.29, 1.82) is 0 Å². The van der Waals surface area contributed by atoms with Crippen molar-refractivity contribution < 1.29 is 22.8 Å². The van der Waals surface area contributed by atoms with Crippen LogP contribution in [0.3, 0.4) is 0 Å². The normalized spacial score (nSPS) is 17.8. The maximum Gasteiger partial charge on any atom is 0.417 e. The number of amides is 1. The maximum absolute atomic E-state index is 13.4. The summed E-state index contributed by atoms with van der Waals surface area (Å²) in [5, 5.41) is 0.585. The monoisotopic (exact) mass is 415 g/mol. The second kappa shape index (κ2) is 7.17. The number of nitrogens with zero attached hydrogens (tertiary/aromatic N) is 1. The van der Waals surface area contributed by atoms with Crippen LogP contribution in [0.4, 0.5) is 13.2 Å². The Morgan fingerprint density at radius 2 is 1.89 bits per heavy atom. The lowest BCUT2D eigenvalue weighted by Gasteiger charge is -2.29. The lowest BCUT2D eigenvalue weighted by molar-refractivity contribution is -0.138. The minimum absolute atomic E-state index is 0.00985. The number of benzene rings is 2. The van der Waals surface area contributed by atoms with Crippen LogP contribution in [0.1, 0.15) is 45.4 Å². The van der Waals surface area contributed by atoms with Gasteiger partial charge in [-0.3, -0.25) is 4.79 Å². The largest absolute Gasteiger partial charge is 0.417 e. The molecule has 27 heavy (non-hydrogen) atoms. The van der Waals surface area contributed by atoms with Gasteiger partial charge in [0.2, 0.25) is 0 Å². The minimum Gasteiger partial charge on any atom is -0.334 e. The molecule has 8 heteroatoms. The van der Waals surface area contributed by atoms with Crippen LogP contribution in [0.2, 0.25) is 10.0 Å². The third-order valence-electron chi connectivity index (χ3n) is 4.78. The fourth-order valence-corrected chi connectivity index (χ4v) is 3.89. The van der Waals surface area contributed by atoms with Gasteiger partial charge in [0.1, 0.15) is 6.29 Å². The van der Waals surface area contributed by atoms with Crippen LogP contribution in [-0.2, 0) is 11.0 Å². The van der Waals surface area contributed by atoms with Gasteiger partial charge < -0.3 is 9.69 Å². The SMILES string of the molecule is CN1C(=O)c2c(cccc2C(F)(F)F)C1C(CC=O)c1ccc(Cl)c(Cl)c1. The summed E-state index contributed by atoms with van der Waals surface area (Å²) in [5.41, 5.74) is -0.478. The predicted octanol–water partition coefficient (Wildman–Crippen LogP) is 5.51. The maximum atomic E-state index is 13.4. The highest BCUT2D eigenvalue weighted by atomic mass is 35.5. The molecule has 2 aromatic rings. The molecule has 1 aliphatic heterocycles. The highest BCUT2D eigenvalue weighted by Crippen LogP contribution is 2.47.